The highest BCUT2D eigenvalue weighted by Gasteiger charge is 2.40. The molecule has 0 radical (unpaired) electrons. The summed E-state index contributed by atoms with van der Waals surface area (Å²) in [6, 6.07) is -0.315. The molecule has 1 aliphatic rings. The Labute approximate surface area is 177 Å². The highest BCUT2D eigenvalue weighted by atomic mass is 35.5. The number of aliphatic hydroxyl groups excluding tert-OH is 2. The van der Waals surface area contributed by atoms with Crippen LogP contribution in [0.3, 0.4) is 0 Å². The number of azide groups is 1. The Bertz CT molecular complexity index is 654. The summed E-state index contributed by atoms with van der Waals surface area (Å²) in [7, 11) is 0. The summed E-state index contributed by atoms with van der Waals surface area (Å²) >= 11 is 5.84. The third kappa shape index (κ3) is 9.50. The molecule has 3 N–H and O–H groups in total. The molecule has 0 saturated heterocycles. The van der Waals surface area contributed by atoms with Gasteiger partial charge in [0, 0.05) is 28.3 Å². The Morgan fingerprint density at radius 2 is 2.14 bits per heavy atom. The molecule has 7 nitrogen and oxygen atoms in total. The van der Waals surface area contributed by atoms with Gasteiger partial charge in [-0.3, -0.25) is 4.79 Å². The summed E-state index contributed by atoms with van der Waals surface area (Å²) in [6.45, 7) is 3.72. The van der Waals surface area contributed by atoms with Gasteiger partial charge < -0.3 is 15.3 Å². The molecule has 6 atom stereocenters. The zero-order valence-corrected chi connectivity index (χ0v) is 17.8. The molecule has 0 aromatic rings. The molecule has 29 heavy (non-hydrogen) atoms. The van der Waals surface area contributed by atoms with Gasteiger partial charge in [0.05, 0.1) is 12.2 Å². The first-order chi connectivity index (χ1) is 13.8. The minimum absolute atomic E-state index is 0.0148. The number of halogens is 1. The van der Waals surface area contributed by atoms with Crippen molar-refractivity contribution in [3.63, 3.8) is 0 Å². The number of carboxylic acids is 1. The topological polar surface area (TPSA) is 127 Å². The van der Waals surface area contributed by atoms with E-state index in [0.717, 1.165) is 0 Å². The van der Waals surface area contributed by atoms with Crippen molar-refractivity contribution in [1.29, 1.82) is 0 Å². The maximum absolute atomic E-state index is 10.5. The van der Waals surface area contributed by atoms with Crippen molar-refractivity contribution in [3.8, 4) is 0 Å². The standard InChI is InChI=1S/C21H32ClN3O4/c1-14(9-10-15(2)22)19(26)12-11-17-16(18(24-25-23)13-20(17)27)7-5-3-4-6-8-21(28)29/h3,5,10-12,14,16-20,26-27H,4,6-9,13H2,1-2H3,(H,28,29)/t14?,16-,17-,18+,19-,20-/m1/s1. The fourth-order valence-electron chi connectivity index (χ4n) is 3.57. The number of carboxylic acid groups (broad SMARTS) is 1. The van der Waals surface area contributed by atoms with E-state index in [9.17, 15) is 15.0 Å². The summed E-state index contributed by atoms with van der Waals surface area (Å²) in [5.41, 5.74) is 8.83. The van der Waals surface area contributed by atoms with Crippen molar-refractivity contribution < 1.29 is 20.1 Å². The van der Waals surface area contributed by atoms with Gasteiger partial charge in [0.25, 0.3) is 0 Å². The number of nitrogens with zero attached hydrogens (tertiary/aromatic N) is 3. The molecule has 162 valence electrons. The van der Waals surface area contributed by atoms with Gasteiger partial charge in [-0.1, -0.05) is 54.0 Å². The number of rotatable bonds is 12. The van der Waals surface area contributed by atoms with Crippen LogP contribution in [0.2, 0.25) is 0 Å². The number of hydrogen-bond acceptors (Lipinski definition) is 4. The molecule has 0 aromatic carbocycles. The van der Waals surface area contributed by atoms with Gasteiger partial charge in [0.1, 0.15) is 0 Å². The first-order valence-corrected chi connectivity index (χ1v) is 10.4. The molecular formula is C21H32ClN3O4. The fraction of sp³-hybridized carbons (Fsp3) is 0.667. The van der Waals surface area contributed by atoms with Gasteiger partial charge in [-0.2, -0.15) is 0 Å². The molecular weight excluding hydrogens is 394 g/mol. The molecule has 0 aliphatic heterocycles. The molecule has 0 bridgehead atoms. The normalized spacial score (nSPS) is 27.3. The van der Waals surface area contributed by atoms with Gasteiger partial charge in [-0.05, 0) is 56.4 Å². The van der Waals surface area contributed by atoms with Gasteiger partial charge in [-0.15, -0.1) is 0 Å². The van der Waals surface area contributed by atoms with E-state index in [1.807, 2.05) is 31.2 Å². The Morgan fingerprint density at radius 3 is 2.76 bits per heavy atom. The van der Waals surface area contributed by atoms with Crippen LogP contribution >= 0.6 is 11.6 Å². The van der Waals surface area contributed by atoms with E-state index in [-0.39, 0.29) is 30.2 Å². The second-order valence-electron chi connectivity index (χ2n) is 7.69. The van der Waals surface area contributed by atoms with Crippen LogP contribution in [0, 0.1) is 17.8 Å². The van der Waals surface area contributed by atoms with Gasteiger partial charge >= 0.3 is 5.97 Å². The van der Waals surface area contributed by atoms with Crippen LogP contribution in [-0.2, 0) is 4.79 Å². The summed E-state index contributed by atoms with van der Waals surface area (Å²) in [6.07, 6.45) is 11.0. The van der Waals surface area contributed by atoms with Crippen LogP contribution in [0.4, 0.5) is 0 Å². The van der Waals surface area contributed by atoms with E-state index in [1.54, 1.807) is 13.0 Å². The molecule has 8 heteroatoms. The van der Waals surface area contributed by atoms with E-state index < -0.39 is 18.2 Å². The molecule has 1 aliphatic carbocycles. The monoisotopic (exact) mass is 425 g/mol. The maximum atomic E-state index is 10.5. The Balaban J connectivity index is 2.75. The fourth-order valence-corrected chi connectivity index (χ4v) is 3.66. The first kappa shape index (κ1) is 25.2. The number of carbonyl (C=O) groups is 1. The number of aliphatic hydroxyl groups is 2. The van der Waals surface area contributed by atoms with Gasteiger partial charge in [0.2, 0.25) is 0 Å². The maximum Gasteiger partial charge on any atom is 0.303 e. The SMILES string of the molecule is CC(Cl)=CCC(C)[C@H](O)C=C[C@@H]1[C@@H](CC=CCCCC(=O)O)[C@@H](N=[N+]=[N-])C[C@H]1O. The molecule has 1 fully saturated rings. The van der Waals surface area contributed by atoms with Crippen molar-refractivity contribution in [2.24, 2.45) is 22.9 Å². The average molecular weight is 426 g/mol. The van der Waals surface area contributed by atoms with E-state index in [4.69, 9.17) is 22.2 Å². The Hall–Kier alpha value is -1.79. The zero-order valence-electron chi connectivity index (χ0n) is 17.1. The lowest BCUT2D eigenvalue weighted by Crippen LogP contribution is -2.21. The smallest absolute Gasteiger partial charge is 0.303 e. The predicted molar refractivity (Wildman–Crippen MR) is 114 cm³/mol. The third-order valence-electron chi connectivity index (χ3n) is 5.34. The summed E-state index contributed by atoms with van der Waals surface area (Å²) in [5, 5.41) is 34.0. The van der Waals surface area contributed by atoms with Crippen LogP contribution in [0.5, 0.6) is 0 Å². The zero-order chi connectivity index (χ0) is 21.8. The van der Waals surface area contributed by atoms with Crippen LogP contribution in [0.15, 0.2) is 40.5 Å². The molecule has 0 spiro atoms. The molecule has 0 heterocycles. The number of aliphatic carboxylic acids is 1. The van der Waals surface area contributed by atoms with Crippen LogP contribution < -0.4 is 0 Å². The lowest BCUT2D eigenvalue weighted by Gasteiger charge is -2.21. The second-order valence-corrected chi connectivity index (χ2v) is 8.29. The predicted octanol–water partition coefficient (Wildman–Crippen LogP) is 4.95. The average Bonchev–Trinajstić information content (AvgIpc) is 2.95. The minimum Gasteiger partial charge on any atom is -0.481 e. The van der Waals surface area contributed by atoms with Gasteiger partial charge in [-0.25, -0.2) is 0 Å². The van der Waals surface area contributed by atoms with Crippen LogP contribution in [0.25, 0.3) is 10.4 Å². The summed E-state index contributed by atoms with van der Waals surface area (Å²) in [4.78, 5) is 13.5. The van der Waals surface area contributed by atoms with E-state index in [1.165, 1.54) is 0 Å². The summed E-state index contributed by atoms with van der Waals surface area (Å²) in [5.74, 6) is -1.11. The van der Waals surface area contributed by atoms with Crippen molar-refractivity contribution in [2.75, 3.05) is 0 Å². The third-order valence-corrected chi connectivity index (χ3v) is 5.49. The lowest BCUT2D eigenvalue weighted by molar-refractivity contribution is -0.137. The van der Waals surface area contributed by atoms with Crippen LogP contribution in [-0.4, -0.2) is 39.5 Å². The Kier molecular flexibility index (Phi) is 11.7. The molecule has 1 rings (SSSR count). The number of unbranched alkanes of at least 4 members (excludes halogenated alkanes) is 1. The first-order valence-electron chi connectivity index (χ1n) is 10.0. The second kappa shape index (κ2) is 13.4. The molecule has 1 unspecified atom stereocenters. The van der Waals surface area contributed by atoms with Crippen molar-refractivity contribution in [2.45, 2.75) is 70.6 Å². The van der Waals surface area contributed by atoms with E-state index >= 15 is 0 Å². The molecule has 0 aromatic heterocycles. The van der Waals surface area contributed by atoms with E-state index in [0.29, 0.717) is 37.1 Å². The van der Waals surface area contributed by atoms with Crippen molar-refractivity contribution in [1.82, 2.24) is 0 Å². The van der Waals surface area contributed by atoms with E-state index in [2.05, 4.69) is 10.0 Å². The van der Waals surface area contributed by atoms with Crippen LogP contribution in [0.1, 0.15) is 52.4 Å². The largest absolute Gasteiger partial charge is 0.481 e. The number of allylic oxidation sites excluding steroid dienone is 4. The Morgan fingerprint density at radius 1 is 1.41 bits per heavy atom. The lowest BCUT2D eigenvalue weighted by atomic mass is 9.88. The van der Waals surface area contributed by atoms with Gasteiger partial charge in [0.15, 0.2) is 0 Å². The highest BCUT2D eigenvalue weighted by Crippen LogP contribution is 2.38. The van der Waals surface area contributed by atoms with Crippen molar-refractivity contribution >= 4 is 17.6 Å². The van der Waals surface area contributed by atoms with Crippen molar-refractivity contribution in [3.05, 3.63) is 45.9 Å². The summed E-state index contributed by atoms with van der Waals surface area (Å²) < 4.78 is 0. The highest BCUT2D eigenvalue weighted by molar-refractivity contribution is 6.29. The quantitative estimate of drug-likeness (QED) is 0.134. The minimum atomic E-state index is -0.810. The number of hydrogen-bond donors (Lipinski definition) is 3. The molecule has 1 saturated carbocycles. The molecule has 0 amide bonds.